The summed E-state index contributed by atoms with van der Waals surface area (Å²) < 4.78 is 8.91. The van der Waals surface area contributed by atoms with Crippen LogP contribution in [0.5, 0.6) is 0 Å². The zero-order chi connectivity index (χ0) is 19.2. The Hall–Kier alpha value is -2.78. The van der Waals surface area contributed by atoms with Gasteiger partial charge in [-0.3, -0.25) is 28.8 Å². The highest BCUT2D eigenvalue weighted by Gasteiger charge is 2.71. The molecule has 2 saturated carbocycles. The van der Waals surface area contributed by atoms with E-state index in [1.54, 1.807) is 0 Å². The molecular formula is C15H16O10. The van der Waals surface area contributed by atoms with E-state index in [0.717, 1.165) is 14.2 Å². The highest BCUT2D eigenvalue weighted by atomic mass is 16.5. The zero-order valence-corrected chi connectivity index (χ0v) is 13.4. The summed E-state index contributed by atoms with van der Waals surface area (Å²) in [6, 6.07) is 0. The summed E-state index contributed by atoms with van der Waals surface area (Å²) in [6.45, 7) is 0. The Bertz CT molecular complexity index is 636. The summed E-state index contributed by atoms with van der Waals surface area (Å²) >= 11 is 0. The highest BCUT2D eigenvalue weighted by molar-refractivity contribution is 6.20. The average Bonchev–Trinajstić information content (AvgIpc) is 2.58. The average molecular weight is 356 g/mol. The molecule has 10 nitrogen and oxygen atoms in total. The van der Waals surface area contributed by atoms with Gasteiger partial charge < -0.3 is 19.7 Å². The molecule has 0 unspecified atom stereocenters. The molecule has 2 fully saturated rings. The molecule has 2 aliphatic rings. The van der Waals surface area contributed by atoms with Crippen LogP contribution in [0.4, 0.5) is 0 Å². The standard InChI is InChI=1S/C15H16O10/c1-24-10(18)6-3-14(12(20)21)5-15(8(6)16,13(22)23)4-7(9(14)17)11(19)25-2/h6-7H,3-5H2,1-2H3,(H,20,21)(H,22,23)/t6-,7+,14-,15+. The minimum atomic E-state index is -2.36. The van der Waals surface area contributed by atoms with Gasteiger partial charge in [0.25, 0.3) is 0 Å². The first-order chi connectivity index (χ1) is 11.6. The number of rotatable bonds is 4. The van der Waals surface area contributed by atoms with E-state index in [-0.39, 0.29) is 0 Å². The van der Waals surface area contributed by atoms with Crippen LogP contribution in [0.2, 0.25) is 0 Å². The molecule has 0 aromatic heterocycles. The lowest BCUT2D eigenvalue weighted by atomic mass is 9.48. The van der Waals surface area contributed by atoms with E-state index in [9.17, 15) is 39.0 Å². The Morgan fingerprint density at radius 1 is 0.840 bits per heavy atom. The summed E-state index contributed by atoms with van der Waals surface area (Å²) in [5, 5.41) is 19.2. The Labute approximate surface area is 141 Å². The topological polar surface area (TPSA) is 161 Å². The summed E-state index contributed by atoms with van der Waals surface area (Å²) in [7, 11) is 1.92. The van der Waals surface area contributed by atoms with Crippen LogP contribution in [-0.2, 0) is 38.2 Å². The van der Waals surface area contributed by atoms with Crippen LogP contribution in [-0.4, -0.2) is 59.9 Å². The number of Topliss-reactive ketones (excluding diaryl/α,β-unsaturated/α-hetero) is 2. The van der Waals surface area contributed by atoms with Gasteiger partial charge >= 0.3 is 23.9 Å². The smallest absolute Gasteiger partial charge is 0.317 e. The van der Waals surface area contributed by atoms with E-state index < -0.39 is 77.4 Å². The number of esters is 2. The van der Waals surface area contributed by atoms with E-state index in [1.807, 2.05) is 0 Å². The summed E-state index contributed by atoms with van der Waals surface area (Å²) in [5.41, 5.74) is -4.72. The first-order valence-corrected chi connectivity index (χ1v) is 7.28. The summed E-state index contributed by atoms with van der Waals surface area (Å²) in [6.07, 6.45) is -2.33. The van der Waals surface area contributed by atoms with Crippen molar-refractivity contribution in [3.8, 4) is 0 Å². The lowest BCUT2D eigenvalue weighted by Crippen LogP contribution is -2.65. The molecule has 136 valence electrons. The maximum atomic E-state index is 12.7. The number of ketones is 2. The predicted molar refractivity (Wildman–Crippen MR) is 75.0 cm³/mol. The minimum Gasteiger partial charge on any atom is -0.480 e. The maximum Gasteiger partial charge on any atom is 0.317 e. The number of hydrogen-bond donors (Lipinski definition) is 2. The van der Waals surface area contributed by atoms with Crippen LogP contribution in [0, 0.1) is 22.7 Å². The van der Waals surface area contributed by atoms with Crippen molar-refractivity contribution in [2.24, 2.45) is 22.7 Å². The van der Waals surface area contributed by atoms with Gasteiger partial charge in [-0.05, 0) is 19.3 Å². The molecule has 0 aliphatic heterocycles. The third-order valence-electron chi connectivity index (χ3n) is 5.08. The van der Waals surface area contributed by atoms with Crippen molar-refractivity contribution in [2.75, 3.05) is 14.2 Å². The Kier molecular flexibility index (Phi) is 4.41. The second-order valence-corrected chi connectivity index (χ2v) is 6.24. The molecule has 2 rings (SSSR count). The third kappa shape index (κ3) is 2.39. The van der Waals surface area contributed by atoms with Crippen LogP contribution in [0.1, 0.15) is 19.3 Å². The number of carboxylic acids is 2. The molecule has 25 heavy (non-hydrogen) atoms. The molecular weight excluding hydrogens is 340 g/mol. The summed E-state index contributed by atoms with van der Waals surface area (Å²) in [4.78, 5) is 72.9. The van der Waals surface area contributed by atoms with Gasteiger partial charge in [0.1, 0.15) is 22.7 Å². The van der Waals surface area contributed by atoms with Crippen molar-refractivity contribution >= 4 is 35.4 Å². The lowest BCUT2D eigenvalue weighted by molar-refractivity contribution is -0.186. The van der Waals surface area contributed by atoms with Gasteiger partial charge in [0.05, 0.1) is 14.2 Å². The predicted octanol–water partition coefficient (Wildman–Crippen LogP) is -0.957. The first kappa shape index (κ1) is 18.6. The van der Waals surface area contributed by atoms with Crippen molar-refractivity contribution in [1.29, 1.82) is 0 Å². The molecule has 0 amide bonds. The molecule has 0 aromatic rings. The van der Waals surface area contributed by atoms with Gasteiger partial charge in [-0.15, -0.1) is 0 Å². The number of carbonyl (C=O) groups excluding carboxylic acids is 4. The van der Waals surface area contributed by atoms with E-state index in [2.05, 4.69) is 9.47 Å². The van der Waals surface area contributed by atoms with Crippen LogP contribution < -0.4 is 0 Å². The third-order valence-corrected chi connectivity index (χ3v) is 5.08. The van der Waals surface area contributed by atoms with Crippen molar-refractivity contribution in [2.45, 2.75) is 19.3 Å². The molecule has 2 N–H and O–H groups in total. The molecule has 0 aromatic carbocycles. The monoisotopic (exact) mass is 356 g/mol. The van der Waals surface area contributed by atoms with Crippen molar-refractivity contribution in [3.05, 3.63) is 0 Å². The van der Waals surface area contributed by atoms with E-state index in [4.69, 9.17) is 0 Å². The number of carboxylic acid groups (broad SMARTS) is 2. The van der Waals surface area contributed by atoms with Gasteiger partial charge in [-0.25, -0.2) is 0 Å². The second-order valence-electron chi connectivity index (χ2n) is 6.24. The van der Waals surface area contributed by atoms with Gasteiger partial charge in [0.2, 0.25) is 0 Å². The number of fused-ring (bicyclic) bond motifs is 2. The fraction of sp³-hybridized carbons (Fsp3) is 0.600. The molecule has 2 bridgehead atoms. The van der Waals surface area contributed by atoms with Gasteiger partial charge in [-0.2, -0.15) is 0 Å². The van der Waals surface area contributed by atoms with E-state index in [1.165, 1.54) is 0 Å². The van der Waals surface area contributed by atoms with Crippen LogP contribution in [0.25, 0.3) is 0 Å². The fourth-order valence-electron chi connectivity index (χ4n) is 3.79. The van der Waals surface area contributed by atoms with Crippen molar-refractivity contribution in [1.82, 2.24) is 0 Å². The van der Waals surface area contributed by atoms with Crippen LogP contribution in [0.3, 0.4) is 0 Å². The highest BCUT2D eigenvalue weighted by Crippen LogP contribution is 2.56. The van der Waals surface area contributed by atoms with Gasteiger partial charge in [-0.1, -0.05) is 0 Å². The quantitative estimate of drug-likeness (QED) is 0.474. The number of ether oxygens (including phenoxy) is 2. The van der Waals surface area contributed by atoms with Crippen molar-refractivity contribution < 1.29 is 48.5 Å². The molecule has 2 aliphatic carbocycles. The van der Waals surface area contributed by atoms with Gasteiger partial charge in [0.15, 0.2) is 11.6 Å². The Morgan fingerprint density at radius 2 is 1.16 bits per heavy atom. The SMILES string of the molecule is COC(=O)[C@H]1C[C@]2(C(=O)O)C[C@](C(=O)O)(C[C@@H](C(=O)OC)C2=O)C1=O. The molecule has 0 radical (unpaired) electrons. The van der Waals surface area contributed by atoms with Gasteiger partial charge in [0, 0.05) is 0 Å². The number of hydrogen-bond acceptors (Lipinski definition) is 8. The Morgan fingerprint density at radius 3 is 1.40 bits per heavy atom. The van der Waals surface area contributed by atoms with Crippen LogP contribution >= 0.6 is 0 Å². The molecule has 0 spiro atoms. The molecule has 0 saturated heterocycles. The summed E-state index contributed by atoms with van der Waals surface area (Å²) in [5.74, 6) is -11.2. The molecule has 4 atom stereocenters. The number of methoxy groups -OCH3 is 2. The number of carbonyl (C=O) groups is 6. The maximum absolute atomic E-state index is 12.7. The van der Waals surface area contributed by atoms with E-state index in [0.29, 0.717) is 0 Å². The largest absolute Gasteiger partial charge is 0.480 e. The molecule has 10 heteroatoms. The lowest BCUT2D eigenvalue weighted by Gasteiger charge is -2.49. The Balaban J connectivity index is 2.71. The van der Waals surface area contributed by atoms with E-state index >= 15 is 0 Å². The fourth-order valence-corrected chi connectivity index (χ4v) is 3.79. The zero-order valence-electron chi connectivity index (χ0n) is 13.4. The molecule has 0 heterocycles. The normalized spacial score (nSPS) is 34.2. The minimum absolute atomic E-state index is 0.755. The second kappa shape index (κ2) is 5.94. The first-order valence-electron chi connectivity index (χ1n) is 7.28. The van der Waals surface area contributed by atoms with Crippen molar-refractivity contribution in [3.63, 3.8) is 0 Å². The van der Waals surface area contributed by atoms with Crippen LogP contribution in [0.15, 0.2) is 0 Å². The number of aliphatic carboxylic acids is 2.